The molecule has 0 unspecified atom stereocenters. The third kappa shape index (κ3) is 4.03. The Morgan fingerprint density at radius 3 is 2.12 bits per heavy atom. The van der Waals surface area contributed by atoms with Crippen LogP contribution in [0.1, 0.15) is 22.3 Å². The van der Waals surface area contributed by atoms with Gasteiger partial charge in [0, 0.05) is 16.6 Å². The Bertz CT molecular complexity index is 860. The number of hydrogen-bond donors (Lipinski definition) is 1. The lowest BCUT2D eigenvalue weighted by atomic mass is 10.1. The number of halogens is 2. The SMILES string of the molecule is COc1cc(C)c(S(=O)(=O)NCc2cc(Cl)cc(Cl)c2)c(C)c1C. The second-order valence-corrected chi connectivity index (χ2v) is 8.15. The predicted octanol–water partition coefficient (Wildman–Crippen LogP) is 4.41. The molecule has 0 saturated heterocycles. The molecule has 24 heavy (non-hydrogen) atoms. The van der Waals surface area contributed by atoms with Crippen LogP contribution in [0.25, 0.3) is 0 Å². The number of ether oxygens (including phenoxy) is 1. The molecule has 0 spiro atoms. The lowest BCUT2D eigenvalue weighted by Crippen LogP contribution is -2.25. The molecule has 0 aliphatic carbocycles. The maximum atomic E-state index is 12.8. The van der Waals surface area contributed by atoms with Gasteiger partial charge in [-0.1, -0.05) is 23.2 Å². The smallest absolute Gasteiger partial charge is 0.241 e. The van der Waals surface area contributed by atoms with Crippen LogP contribution >= 0.6 is 23.2 Å². The molecule has 0 aromatic heterocycles. The number of benzene rings is 2. The summed E-state index contributed by atoms with van der Waals surface area (Å²) in [6.45, 7) is 5.46. The molecule has 0 heterocycles. The zero-order valence-electron chi connectivity index (χ0n) is 13.9. The lowest BCUT2D eigenvalue weighted by Gasteiger charge is -2.17. The fourth-order valence-corrected chi connectivity index (χ4v) is 4.72. The van der Waals surface area contributed by atoms with Crippen molar-refractivity contribution in [1.29, 1.82) is 0 Å². The second-order valence-electron chi connectivity index (χ2n) is 5.58. The van der Waals surface area contributed by atoms with Gasteiger partial charge in [0.05, 0.1) is 12.0 Å². The molecule has 2 aromatic carbocycles. The molecule has 7 heteroatoms. The molecule has 0 bridgehead atoms. The van der Waals surface area contributed by atoms with E-state index in [-0.39, 0.29) is 11.4 Å². The van der Waals surface area contributed by atoms with E-state index in [1.165, 1.54) is 0 Å². The Hall–Kier alpha value is -1.27. The summed E-state index contributed by atoms with van der Waals surface area (Å²) in [4.78, 5) is 0.272. The van der Waals surface area contributed by atoms with Crippen molar-refractivity contribution in [2.75, 3.05) is 7.11 Å². The van der Waals surface area contributed by atoms with E-state index in [1.54, 1.807) is 45.2 Å². The zero-order valence-corrected chi connectivity index (χ0v) is 16.2. The summed E-state index contributed by atoms with van der Waals surface area (Å²) in [5, 5.41) is 0.925. The molecule has 0 aliphatic heterocycles. The van der Waals surface area contributed by atoms with E-state index < -0.39 is 10.0 Å². The first kappa shape index (κ1) is 19.1. The summed E-state index contributed by atoms with van der Waals surface area (Å²) in [5.74, 6) is 0.672. The summed E-state index contributed by atoms with van der Waals surface area (Å²) in [6.07, 6.45) is 0. The summed E-state index contributed by atoms with van der Waals surface area (Å²) < 4.78 is 33.4. The average molecular weight is 388 g/mol. The largest absolute Gasteiger partial charge is 0.496 e. The standard InChI is InChI=1S/C17H19Cl2NO3S/c1-10-5-16(23-4)11(2)12(3)17(10)24(21,22)20-9-13-6-14(18)8-15(19)7-13/h5-8,20H,9H2,1-4H3. The highest BCUT2D eigenvalue weighted by molar-refractivity contribution is 7.89. The van der Waals surface area contributed by atoms with Gasteiger partial charge in [-0.2, -0.15) is 0 Å². The van der Waals surface area contributed by atoms with Crippen LogP contribution in [0.15, 0.2) is 29.2 Å². The molecule has 1 N–H and O–H groups in total. The molecule has 0 atom stereocenters. The number of rotatable bonds is 5. The Morgan fingerprint density at radius 2 is 1.58 bits per heavy atom. The number of nitrogens with one attached hydrogen (secondary N) is 1. The molecule has 0 saturated carbocycles. The van der Waals surface area contributed by atoms with Crippen molar-refractivity contribution >= 4 is 33.2 Å². The van der Waals surface area contributed by atoms with Crippen molar-refractivity contribution < 1.29 is 13.2 Å². The minimum absolute atomic E-state index is 0.104. The summed E-state index contributed by atoms with van der Waals surface area (Å²) >= 11 is 11.9. The van der Waals surface area contributed by atoms with Crippen molar-refractivity contribution in [1.82, 2.24) is 4.72 Å². The van der Waals surface area contributed by atoms with E-state index >= 15 is 0 Å². The van der Waals surface area contributed by atoms with Gasteiger partial charge in [-0.05, 0) is 67.3 Å². The van der Waals surface area contributed by atoms with Crippen molar-refractivity contribution in [2.45, 2.75) is 32.2 Å². The Labute approximate surface area is 152 Å². The fourth-order valence-electron chi connectivity index (χ4n) is 2.61. The van der Waals surface area contributed by atoms with Crippen LogP contribution < -0.4 is 9.46 Å². The maximum Gasteiger partial charge on any atom is 0.241 e. The Balaban J connectivity index is 2.36. The quantitative estimate of drug-likeness (QED) is 0.826. The van der Waals surface area contributed by atoms with Gasteiger partial charge in [0.25, 0.3) is 0 Å². The van der Waals surface area contributed by atoms with Crippen molar-refractivity contribution in [3.05, 3.63) is 56.6 Å². The van der Waals surface area contributed by atoms with E-state index in [4.69, 9.17) is 27.9 Å². The highest BCUT2D eigenvalue weighted by atomic mass is 35.5. The zero-order chi connectivity index (χ0) is 18.1. The van der Waals surface area contributed by atoms with Crippen LogP contribution in [-0.2, 0) is 16.6 Å². The molecule has 0 aliphatic rings. The predicted molar refractivity (Wildman–Crippen MR) is 97.7 cm³/mol. The normalized spacial score (nSPS) is 11.6. The third-order valence-corrected chi connectivity index (χ3v) is 5.98. The van der Waals surface area contributed by atoms with Gasteiger partial charge in [0.15, 0.2) is 0 Å². The number of methoxy groups -OCH3 is 1. The van der Waals surface area contributed by atoms with Crippen LogP contribution in [0.2, 0.25) is 10.0 Å². The molecular weight excluding hydrogens is 369 g/mol. The van der Waals surface area contributed by atoms with Crippen LogP contribution in [0.3, 0.4) is 0 Å². The Morgan fingerprint density at radius 1 is 1.00 bits per heavy atom. The van der Waals surface area contributed by atoms with Gasteiger partial charge in [-0.25, -0.2) is 13.1 Å². The third-order valence-electron chi connectivity index (χ3n) is 3.86. The average Bonchev–Trinajstić information content (AvgIpc) is 2.48. The molecule has 130 valence electrons. The molecular formula is C17H19Cl2NO3S. The van der Waals surface area contributed by atoms with Gasteiger partial charge in [0.2, 0.25) is 10.0 Å². The topological polar surface area (TPSA) is 55.4 Å². The number of sulfonamides is 1. The number of aryl methyl sites for hydroxylation is 1. The second kappa shape index (κ2) is 7.31. The van der Waals surface area contributed by atoms with E-state index in [0.717, 1.165) is 5.56 Å². The Kier molecular flexibility index (Phi) is 5.81. The molecule has 2 rings (SSSR count). The minimum Gasteiger partial charge on any atom is -0.496 e. The maximum absolute atomic E-state index is 12.8. The van der Waals surface area contributed by atoms with Gasteiger partial charge in [-0.15, -0.1) is 0 Å². The van der Waals surface area contributed by atoms with Crippen molar-refractivity contribution in [3.8, 4) is 5.75 Å². The van der Waals surface area contributed by atoms with Crippen LogP contribution in [0.5, 0.6) is 5.75 Å². The van der Waals surface area contributed by atoms with E-state index in [2.05, 4.69) is 4.72 Å². The monoisotopic (exact) mass is 387 g/mol. The van der Waals surface area contributed by atoms with E-state index in [0.29, 0.717) is 32.5 Å². The summed E-state index contributed by atoms with van der Waals surface area (Å²) in [7, 11) is -2.12. The summed E-state index contributed by atoms with van der Waals surface area (Å²) in [5.41, 5.74) is 2.79. The van der Waals surface area contributed by atoms with Crippen LogP contribution in [0, 0.1) is 20.8 Å². The first-order valence-electron chi connectivity index (χ1n) is 7.25. The molecule has 0 amide bonds. The summed E-state index contributed by atoms with van der Waals surface area (Å²) in [6, 6.07) is 6.68. The van der Waals surface area contributed by atoms with E-state index in [1.807, 2.05) is 6.92 Å². The minimum atomic E-state index is -3.68. The molecule has 2 aromatic rings. The number of hydrogen-bond acceptors (Lipinski definition) is 3. The fraction of sp³-hybridized carbons (Fsp3) is 0.294. The highest BCUT2D eigenvalue weighted by Crippen LogP contribution is 2.30. The van der Waals surface area contributed by atoms with Crippen molar-refractivity contribution in [3.63, 3.8) is 0 Å². The van der Waals surface area contributed by atoms with Crippen LogP contribution in [0.4, 0.5) is 0 Å². The highest BCUT2D eigenvalue weighted by Gasteiger charge is 2.22. The molecule has 4 nitrogen and oxygen atoms in total. The first-order valence-corrected chi connectivity index (χ1v) is 9.49. The van der Waals surface area contributed by atoms with Crippen LogP contribution in [-0.4, -0.2) is 15.5 Å². The first-order chi connectivity index (χ1) is 11.2. The van der Waals surface area contributed by atoms with Gasteiger partial charge in [-0.3, -0.25) is 0 Å². The van der Waals surface area contributed by atoms with Gasteiger partial charge in [0.1, 0.15) is 5.75 Å². The van der Waals surface area contributed by atoms with Gasteiger partial charge < -0.3 is 4.74 Å². The molecule has 0 fully saturated rings. The van der Waals surface area contributed by atoms with Crippen molar-refractivity contribution in [2.24, 2.45) is 0 Å². The molecule has 0 radical (unpaired) electrons. The van der Waals surface area contributed by atoms with Gasteiger partial charge >= 0.3 is 0 Å². The van der Waals surface area contributed by atoms with E-state index in [9.17, 15) is 8.42 Å². The lowest BCUT2D eigenvalue weighted by molar-refractivity contribution is 0.410.